The third-order valence-electron chi connectivity index (χ3n) is 2.83. The molecule has 0 saturated carbocycles. The Morgan fingerprint density at radius 2 is 2.28 bits per heavy atom. The summed E-state index contributed by atoms with van der Waals surface area (Å²) in [5, 5.41) is 8.87. The van der Waals surface area contributed by atoms with Crippen LogP contribution < -0.4 is 4.74 Å². The highest BCUT2D eigenvalue weighted by atomic mass is 16.5. The number of imidazole rings is 1. The molecule has 0 aliphatic rings. The second-order valence-corrected chi connectivity index (χ2v) is 4.05. The smallest absolute Gasteiger partial charge is 0.130 e. The van der Waals surface area contributed by atoms with Crippen molar-refractivity contribution < 1.29 is 4.74 Å². The largest absolute Gasteiger partial charge is 0.487 e. The minimum atomic E-state index is 0.462. The highest BCUT2D eigenvalue weighted by molar-refractivity contribution is 5.41. The lowest BCUT2D eigenvalue weighted by molar-refractivity contribution is 0.293. The highest BCUT2D eigenvalue weighted by Crippen LogP contribution is 2.20. The molecule has 0 bridgehead atoms. The van der Waals surface area contributed by atoms with Gasteiger partial charge in [0.2, 0.25) is 0 Å². The van der Waals surface area contributed by atoms with Gasteiger partial charge in [-0.2, -0.15) is 5.26 Å². The minimum Gasteiger partial charge on any atom is -0.487 e. The van der Waals surface area contributed by atoms with E-state index in [9.17, 15) is 0 Å². The molecule has 0 spiro atoms. The summed E-state index contributed by atoms with van der Waals surface area (Å²) in [6.45, 7) is 5.36. The predicted octanol–water partition coefficient (Wildman–Crippen LogP) is 2.66. The molecule has 4 nitrogen and oxygen atoms in total. The summed E-state index contributed by atoms with van der Waals surface area (Å²) in [4.78, 5) is 4.09. The molecule has 0 N–H and O–H groups in total. The molecule has 0 unspecified atom stereocenters. The molecule has 0 aliphatic carbocycles. The van der Waals surface area contributed by atoms with Gasteiger partial charge in [0.05, 0.1) is 29.9 Å². The number of nitriles is 1. The van der Waals surface area contributed by atoms with Gasteiger partial charge in [-0.15, -0.1) is 0 Å². The average Bonchev–Trinajstić information content (AvgIpc) is 2.85. The topological polar surface area (TPSA) is 50.8 Å². The molecule has 18 heavy (non-hydrogen) atoms. The number of hydrogen-bond acceptors (Lipinski definition) is 3. The molecule has 0 amide bonds. The number of aromatic nitrogens is 2. The molecular weight excluding hydrogens is 226 g/mol. The van der Waals surface area contributed by atoms with Crippen molar-refractivity contribution in [2.24, 2.45) is 0 Å². The van der Waals surface area contributed by atoms with E-state index < -0.39 is 0 Å². The summed E-state index contributed by atoms with van der Waals surface area (Å²) >= 11 is 0. The minimum absolute atomic E-state index is 0.462. The van der Waals surface area contributed by atoms with Gasteiger partial charge in [0.25, 0.3) is 0 Å². The molecule has 1 heterocycles. The van der Waals surface area contributed by atoms with Crippen molar-refractivity contribution in [1.29, 1.82) is 5.26 Å². The van der Waals surface area contributed by atoms with Gasteiger partial charge in [-0.05, 0) is 31.5 Å². The first kappa shape index (κ1) is 12.2. The van der Waals surface area contributed by atoms with Crippen LogP contribution in [0.5, 0.6) is 5.75 Å². The lowest BCUT2D eigenvalue weighted by Crippen LogP contribution is -2.04. The van der Waals surface area contributed by atoms with Gasteiger partial charge in [0.1, 0.15) is 12.4 Å². The van der Waals surface area contributed by atoms with Crippen molar-refractivity contribution in [2.75, 3.05) is 0 Å². The predicted molar refractivity (Wildman–Crippen MR) is 68.1 cm³/mol. The number of ether oxygens (including phenoxy) is 1. The van der Waals surface area contributed by atoms with Crippen LogP contribution in [0.2, 0.25) is 0 Å². The van der Waals surface area contributed by atoms with Gasteiger partial charge in [-0.25, -0.2) is 4.98 Å². The van der Waals surface area contributed by atoms with E-state index in [0.717, 1.165) is 23.6 Å². The van der Waals surface area contributed by atoms with E-state index in [4.69, 9.17) is 10.00 Å². The van der Waals surface area contributed by atoms with E-state index in [2.05, 4.69) is 18.0 Å². The van der Waals surface area contributed by atoms with Crippen molar-refractivity contribution in [1.82, 2.24) is 9.55 Å². The molecule has 92 valence electrons. The van der Waals surface area contributed by atoms with E-state index in [-0.39, 0.29) is 0 Å². The Balaban J connectivity index is 2.13. The van der Waals surface area contributed by atoms with Crippen LogP contribution in [0.25, 0.3) is 0 Å². The Bertz CT molecular complexity index is 581. The van der Waals surface area contributed by atoms with Gasteiger partial charge in [0, 0.05) is 6.54 Å². The molecule has 1 aromatic carbocycles. The van der Waals surface area contributed by atoms with Crippen LogP contribution in [-0.2, 0) is 13.2 Å². The third-order valence-corrected chi connectivity index (χ3v) is 2.83. The lowest BCUT2D eigenvalue weighted by atomic mass is 10.1. The van der Waals surface area contributed by atoms with Crippen molar-refractivity contribution in [3.8, 4) is 11.8 Å². The number of benzene rings is 1. The van der Waals surface area contributed by atoms with Crippen LogP contribution in [-0.4, -0.2) is 9.55 Å². The van der Waals surface area contributed by atoms with Gasteiger partial charge in [0.15, 0.2) is 0 Å². The van der Waals surface area contributed by atoms with E-state index in [0.29, 0.717) is 12.2 Å². The quantitative estimate of drug-likeness (QED) is 0.826. The summed E-state index contributed by atoms with van der Waals surface area (Å²) < 4.78 is 7.79. The van der Waals surface area contributed by atoms with Crippen molar-refractivity contribution in [3.05, 3.63) is 47.5 Å². The first-order valence-electron chi connectivity index (χ1n) is 5.87. The van der Waals surface area contributed by atoms with Crippen LogP contribution in [0.1, 0.15) is 23.7 Å². The fraction of sp³-hybridized carbons (Fsp3) is 0.286. The van der Waals surface area contributed by atoms with Crippen LogP contribution in [0.3, 0.4) is 0 Å². The summed E-state index contributed by atoms with van der Waals surface area (Å²) in [5.41, 5.74) is 2.66. The molecule has 0 atom stereocenters. The Morgan fingerprint density at radius 1 is 1.44 bits per heavy atom. The number of rotatable bonds is 4. The zero-order chi connectivity index (χ0) is 13.0. The molecule has 0 radical (unpaired) electrons. The van der Waals surface area contributed by atoms with Crippen LogP contribution in [0.15, 0.2) is 30.7 Å². The summed E-state index contributed by atoms with van der Waals surface area (Å²) in [6, 6.07) is 7.56. The van der Waals surface area contributed by atoms with E-state index >= 15 is 0 Å². The van der Waals surface area contributed by atoms with Crippen molar-refractivity contribution in [3.63, 3.8) is 0 Å². The molecule has 0 saturated heterocycles. The fourth-order valence-electron chi connectivity index (χ4n) is 1.73. The van der Waals surface area contributed by atoms with Crippen molar-refractivity contribution >= 4 is 0 Å². The first-order chi connectivity index (χ1) is 8.74. The fourth-order valence-corrected chi connectivity index (χ4v) is 1.73. The Labute approximate surface area is 106 Å². The zero-order valence-electron chi connectivity index (χ0n) is 10.6. The Hall–Kier alpha value is -2.28. The van der Waals surface area contributed by atoms with Gasteiger partial charge < -0.3 is 9.30 Å². The monoisotopic (exact) mass is 241 g/mol. The maximum Gasteiger partial charge on any atom is 0.130 e. The molecular formula is C14H15N3O. The average molecular weight is 241 g/mol. The Kier molecular flexibility index (Phi) is 3.63. The summed E-state index contributed by atoms with van der Waals surface area (Å²) in [5.74, 6) is 0.748. The van der Waals surface area contributed by atoms with Gasteiger partial charge >= 0.3 is 0 Å². The van der Waals surface area contributed by atoms with Gasteiger partial charge in [-0.1, -0.05) is 6.07 Å². The molecule has 0 fully saturated rings. The number of nitrogens with zero attached hydrogens (tertiary/aromatic N) is 3. The first-order valence-corrected chi connectivity index (χ1v) is 5.87. The van der Waals surface area contributed by atoms with Gasteiger partial charge in [-0.3, -0.25) is 0 Å². The zero-order valence-corrected chi connectivity index (χ0v) is 10.6. The second-order valence-electron chi connectivity index (χ2n) is 4.05. The van der Waals surface area contributed by atoms with E-state index in [1.807, 2.05) is 17.6 Å². The Morgan fingerprint density at radius 3 is 3.00 bits per heavy atom. The standard InChI is InChI=1S/C14H15N3O/c1-3-17-10-16-8-13(17)9-18-14-6-12(7-15)5-4-11(14)2/h4-6,8,10H,3,9H2,1-2H3. The normalized spacial score (nSPS) is 10.1. The number of aryl methyl sites for hydroxylation is 2. The van der Waals surface area contributed by atoms with E-state index in [1.165, 1.54) is 0 Å². The molecule has 1 aromatic heterocycles. The third kappa shape index (κ3) is 2.51. The molecule has 0 aliphatic heterocycles. The summed E-state index contributed by atoms with van der Waals surface area (Å²) in [6.07, 6.45) is 3.59. The molecule has 2 rings (SSSR count). The van der Waals surface area contributed by atoms with Crippen LogP contribution in [0, 0.1) is 18.3 Å². The number of hydrogen-bond donors (Lipinski definition) is 0. The molecule has 2 aromatic rings. The lowest BCUT2D eigenvalue weighted by Gasteiger charge is -2.10. The molecule has 4 heteroatoms. The maximum absolute atomic E-state index is 8.87. The maximum atomic E-state index is 8.87. The van der Waals surface area contributed by atoms with Crippen molar-refractivity contribution in [2.45, 2.75) is 27.0 Å². The van der Waals surface area contributed by atoms with E-state index in [1.54, 1.807) is 24.7 Å². The highest BCUT2D eigenvalue weighted by Gasteiger charge is 2.05. The SMILES string of the molecule is CCn1cncc1COc1cc(C#N)ccc1C. The van der Waals surface area contributed by atoms with Crippen LogP contribution in [0.4, 0.5) is 0 Å². The van der Waals surface area contributed by atoms with Crippen LogP contribution >= 0.6 is 0 Å². The second kappa shape index (κ2) is 5.37. The summed E-state index contributed by atoms with van der Waals surface area (Å²) in [7, 11) is 0.